The number of aromatic nitrogens is 2. The molecule has 0 aromatic carbocycles. The lowest BCUT2D eigenvalue weighted by molar-refractivity contribution is 0.0784. The lowest BCUT2D eigenvalue weighted by Crippen LogP contribution is -2.40. The second kappa shape index (κ2) is 7.87. The number of unbranched alkanes of at least 4 members (excludes halogenated alkanes) is 1. The molecule has 1 saturated heterocycles. The van der Waals surface area contributed by atoms with Crippen molar-refractivity contribution < 1.29 is 13.2 Å². The topological polar surface area (TPSA) is 95.5 Å². The Morgan fingerprint density at radius 2 is 1.92 bits per heavy atom. The molecule has 3 rings (SSSR count). The lowest BCUT2D eigenvalue weighted by Gasteiger charge is -2.29. The standard InChI is InChI=1S/C17H27N5O3S/c1-3-4-11-26(24,25)22-10-7-14-13(12-22)15(20-17(18-2)19-14)16(23)21-8-5-6-9-21/h3-12H2,1-2H3,(H,18,19,20). The first kappa shape index (κ1) is 19.0. The zero-order valence-corrected chi connectivity index (χ0v) is 16.3. The number of anilines is 1. The largest absolute Gasteiger partial charge is 0.357 e. The molecule has 1 aromatic rings. The zero-order valence-electron chi connectivity index (χ0n) is 15.5. The molecule has 0 atom stereocenters. The van der Waals surface area contributed by atoms with Crippen molar-refractivity contribution in [1.29, 1.82) is 0 Å². The number of fused-ring (bicyclic) bond motifs is 1. The highest BCUT2D eigenvalue weighted by Crippen LogP contribution is 2.26. The predicted octanol–water partition coefficient (Wildman–Crippen LogP) is 1.24. The predicted molar refractivity (Wildman–Crippen MR) is 99.5 cm³/mol. The SMILES string of the molecule is CCCCS(=O)(=O)N1CCc2nc(NC)nc(C(=O)N3CCCC3)c2C1. The van der Waals surface area contributed by atoms with Crippen LogP contribution in [0.4, 0.5) is 5.95 Å². The van der Waals surface area contributed by atoms with E-state index in [1.165, 1.54) is 4.31 Å². The number of carbonyl (C=O) groups is 1. The monoisotopic (exact) mass is 381 g/mol. The third-order valence-electron chi connectivity index (χ3n) is 4.99. The van der Waals surface area contributed by atoms with E-state index in [1.54, 1.807) is 11.9 Å². The van der Waals surface area contributed by atoms with Crippen LogP contribution in [0.3, 0.4) is 0 Å². The third kappa shape index (κ3) is 3.83. The Balaban J connectivity index is 1.93. The van der Waals surface area contributed by atoms with Crippen LogP contribution in [0.15, 0.2) is 0 Å². The van der Waals surface area contributed by atoms with Crippen molar-refractivity contribution in [1.82, 2.24) is 19.2 Å². The zero-order chi connectivity index (χ0) is 18.7. The van der Waals surface area contributed by atoms with Crippen LogP contribution in [0.25, 0.3) is 0 Å². The second-order valence-corrected chi connectivity index (χ2v) is 8.91. The number of rotatable bonds is 6. The normalized spacial score (nSPS) is 18.0. The van der Waals surface area contributed by atoms with Crippen molar-refractivity contribution >= 4 is 21.9 Å². The first-order valence-corrected chi connectivity index (χ1v) is 10.9. The molecule has 1 aromatic heterocycles. The van der Waals surface area contributed by atoms with Crippen LogP contribution in [0, 0.1) is 0 Å². The average molecular weight is 382 g/mol. The Morgan fingerprint density at radius 3 is 2.58 bits per heavy atom. The van der Waals surface area contributed by atoms with Gasteiger partial charge >= 0.3 is 0 Å². The minimum Gasteiger partial charge on any atom is -0.357 e. The van der Waals surface area contributed by atoms with Gasteiger partial charge in [-0.3, -0.25) is 4.79 Å². The van der Waals surface area contributed by atoms with Gasteiger partial charge in [0.05, 0.1) is 11.4 Å². The summed E-state index contributed by atoms with van der Waals surface area (Å²) in [5.74, 6) is 0.433. The van der Waals surface area contributed by atoms with E-state index in [2.05, 4.69) is 15.3 Å². The van der Waals surface area contributed by atoms with Crippen molar-refractivity contribution in [3.63, 3.8) is 0 Å². The Labute approximate surface area is 155 Å². The maximum atomic E-state index is 13.0. The van der Waals surface area contributed by atoms with Gasteiger partial charge in [0.15, 0.2) is 0 Å². The fourth-order valence-corrected chi connectivity index (χ4v) is 5.05. The van der Waals surface area contributed by atoms with Gasteiger partial charge in [-0.15, -0.1) is 0 Å². The fraction of sp³-hybridized carbons (Fsp3) is 0.706. The van der Waals surface area contributed by atoms with E-state index in [1.807, 2.05) is 6.92 Å². The molecular weight excluding hydrogens is 354 g/mol. The van der Waals surface area contributed by atoms with Gasteiger partial charge in [-0.1, -0.05) is 13.3 Å². The molecule has 26 heavy (non-hydrogen) atoms. The maximum absolute atomic E-state index is 13.0. The van der Waals surface area contributed by atoms with Crippen LogP contribution in [0.5, 0.6) is 0 Å². The van der Waals surface area contributed by atoms with Crippen LogP contribution in [0.2, 0.25) is 0 Å². The molecule has 1 amide bonds. The molecule has 8 nitrogen and oxygen atoms in total. The summed E-state index contributed by atoms with van der Waals surface area (Å²) < 4.78 is 26.7. The summed E-state index contributed by atoms with van der Waals surface area (Å²) in [6, 6.07) is 0. The van der Waals surface area contributed by atoms with Gasteiger partial charge in [-0.25, -0.2) is 18.4 Å². The van der Waals surface area contributed by atoms with Gasteiger partial charge in [0, 0.05) is 45.2 Å². The minimum atomic E-state index is -3.33. The lowest BCUT2D eigenvalue weighted by atomic mass is 10.0. The summed E-state index contributed by atoms with van der Waals surface area (Å²) in [5, 5.41) is 2.91. The van der Waals surface area contributed by atoms with E-state index in [9.17, 15) is 13.2 Å². The highest BCUT2D eigenvalue weighted by atomic mass is 32.2. The minimum absolute atomic E-state index is 0.120. The molecule has 0 aliphatic carbocycles. The Morgan fingerprint density at radius 1 is 1.19 bits per heavy atom. The molecule has 144 valence electrons. The Bertz CT molecular complexity index is 775. The molecule has 0 radical (unpaired) electrons. The summed E-state index contributed by atoms with van der Waals surface area (Å²) in [5.41, 5.74) is 1.78. The van der Waals surface area contributed by atoms with Gasteiger partial charge in [0.1, 0.15) is 5.69 Å². The van der Waals surface area contributed by atoms with Gasteiger partial charge in [0.2, 0.25) is 16.0 Å². The molecule has 9 heteroatoms. The molecule has 2 aliphatic heterocycles. The molecule has 0 unspecified atom stereocenters. The maximum Gasteiger partial charge on any atom is 0.273 e. The van der Waals surface area contributed by atoms with E-state index < -0.39 is 10.0 Å². The second-order valence-electron chi connectivity index (χ2n) is 6.82. The molecule has 2 aliphatic rings. The van der Waals surface area contributed by atoms with E-state index in [0.717, 1.165) is 38.0 Å². The van der Waals surface area contributed by atoms with Crippen LogP contribution < -0.4 is 5.32 Å². The molecular formula is C17H27N5O3S. The van der Waals surface area contributed by atoms with E-state index in [4.69, 9.17) is 0 Å². The molecule has 3 heterocycles. The quantitative estimate of drug-likeness (QED) is 0.797. The summed E-state index contributed by atoms with van der Waals surface area (Å²) >= 11 is 0. The number of amides is 1. The number of hydrogen-bond acceptors (Lipinski definition) is 6. The van der Waals surface area contributed by atoms with Gasteiger partial charge in [0.25, 0.3) is 5.91 Å². The number of likely N-dealkylation sites (tertiary alicyclic amines) is 1. The highest BCUT2D eigenvalue weighted by Gasteiger charge is 2.33. The van der Waals surface area contributed by atoms with E-state index in [0.29, 0.717) is 36.6 Å². The number of nitrogens with one attached hydrogen (secondary N) is 1. The van der Waals surface area contributed by atoms with Gasteiger partial charge < -0.3 is 10.2 Å². The van der Waals surface area contributed by atoms with Gasteiger partial charge in [-0.2, -0.15) is 4.31 Å². The molecule has 1 fully saturated rings. The van der Waals surface area contributed by atoms with Crippen molar-refractivity contribution in [3.8, 4) is 0 Å². The number of carbonyl (C=O) groups excluding carboxylic acids is 1. The Kier molecular flexibility index (Phi) is 5.76. The summed E-state index contributed by atoms with van der Waals surface area (Å²) in [6.45, 7) is 4.01. The molecule has 0 spiro atoms. The first-order chi connectivity index (χ1) is 12.5. The van der Waals surface area contributed by atoms with Crippen molar-refractivity contribution in [3.05, 3.63) is 17.0 Å². The number of nitrogens with zero attached hydrogens (tertiary/aromatic N) is 4. The van der Waals surface area contributed by atoms with E-state index in [-0.39, 0.29) is 18.2 Å². The highest BCUT2D eigenvalue weighted by molar-refractivity contribution is 7.89. The third-order valence-corrected chi connectivity index (χ3v) is 6.90. The Hall–Kier alpha value is -1.74. The van der Waals surface area contributed by atoms with Gasteiger partial charge in [-0.05, 0) is 19.3 Å². The van der Waals surface area contributed by atoms with Crippen LogP contribution in [0.1, 0.15) is 54.4 Å². The number of hydrogen-bond donors (Lipinski definition) is 1. The summed E-state index contributed by atoms with van der Waals surface area (Å²) in [6.07, 6.45) is 3.96. The van der Waals surface area contributed by atoms with Crippen molar-refractivity contribution in [2.24, 2.45) is 0 Å². The van der Waals surface area contributed by atoms with Crippen molar-refractivity contribution in [2.45, 2.75) is 45.6 Å². The summed E-state index contributed by atoms with van der Waals surface area (Å²) in [4.78, 5) is 23.6. The van der Waals surface area contributed by atoms with Crippen LogP contribution in [-0.2, 0) is 23.0 Å². The fourth-order valence-electron chi connectivity index (χ4n) is 3.44. The first-order valence-electron chi connectivity index (χ1n) is 9.31. The van der Waals surface area contributed by atoms with E-state index >= 15 is 0 Å². The van der Waals surface area contributed by atoms with Crippen molar-refractivity contribution in [2.75, 3.05) is 37.8 Å². The average Bonchev–Trinajstić information content (AvgIpc) is 3.19. The van der Waals surface area contributed by atoms with Crippen LogP contribution in [-0.4, -0.2) is 65.9 Å². The molecule has 0 bridgehead atoms. The number of sulfonamides is 1. The molecule has 1 N–H and O–H groups in total. The van der Waals surface area contributed by atoms with Crippen LogP contribution >= 0.6 is 0 Å². The summed E-state index contributed by atoms with van der Waals surface area (Å²) in [7, 11) is -1.61. The smallest absolute Gasteiger partial charge is 0.273 e. The molecule has 0 saturated carbocycles.